The molecular formula is C12H20N2O. The van der Waals surface area contributed by atoms with Crippen LogP contribution in [0.25, 0.3) is 0 Å². The quantitative estimate of drug-likeness (QED) is 0.801. The van der Waals surface area contributed by atoms with E-state index in [1.54, 1.807) is 7.11 Å². The smallest absolute Gasteiger partial charge is 0.0637 e. The Kier molecular flexibility index (Phi) is 4.59. The molecule has 0 spiro atoms. The summed E-state index contributed by atoms with van der Waals surface area (Å²) in [6, 6.07) is 8.28. The summed E-state index contributed by atoms with van der Waals surface area (Å²) in [7, 11) is 3.77. The van der Waals surface area contributed by atoms with Crippen molar-refractivity contribution in [3.05, 3.63) is 29.8 Å². The van der Waals surface area contributed by atoms with Crippen LogP contribution in [0.5, 0.6) is 0 Å². The molecule has 2 N–H and O–H groups in total. The van der Waals surface area contributed by atoms with Crippen LogP contribution in [0.2, 0.25) is 0 Å². The van der Waals surface area contributed by atoms with Gasteiger partial charge in [0, 0.05) is 32.4 Å². The molecule has 0 amide bonds. The van der Waals surface area contributed by atoms with Gasteiger partial charge in [-0.15, -0.1) is 0 Å². The monoisotopic (exact) mass is 208 g/mol. The molecule has 84 valence electrons. The summed E-state index contributed by atoms with van der Waals surface area (Å²) in [4.78, 5) is 2.17. The maximum atomic E-state index is 5.92. The number of nitrogens with two attached hydrogens (primary N) is 1. The SMILES string of the molecule is COCCN(C)c1ccccc1[C@H](C)N. The van der Waals surface area contributed by atoms with Crippen LogP contribution >= 0.6 is 0 Å². The second kappa shape index (κ2) is 5.73. The first kappa shape index (κ1) is 12.0. The van der Waals surface area contributed by atoms with Crippen molar-refractivity contribution in [2.75, 3.05) is 32.2 Å². The maximum Gasteiger partial charge on any atom is 0.0637 e. The Morgan fingerprint density at radius 3 is 2.67 bits per heavy atom. The molecule has 15 heavy (non-hydrogen) atoms. The standard InChI is InChI=1S/C12H20N2O/c1-10(13)11-6-4-5-7-12(11)14(2)8-9-15-3/h4-7,10H,8-9,13H2,1-3H3/t10-/m0/s1. The van der Waals surface area contributed by atoms with Crippen molar-refractivity contribution >= 4 is 5.69 Å². The molecule has 0 aliphatic rings. The van der Waals surface area contributed by atoms with E-state index in [-0.39, 0.29) is 6.04 Å². The molecule has 0 unspecified atom stereocenters. The number of hydrogen-bond donors (Lipinski definition) is 1. The van der Waals surface area contributed by atoms with E-state index in [9.17, 15) is 0 Å². The number of anilines is 1. The van der Waals surface area contributed by atoms with E-state index in [0.29, 0.717) is 0 Å². The fourth-order valence-electron chi connectivity index (χ4n) is 1.57. The van der Waals surface area contributed by atoms with Crippen molar-refractivity contribution in [3.63, 3.8) is 0 Å². The zero-order valence-electron chi connectivity index (χ0n) is 9.73. The van der Waals surface area contributed by atoms with Gasteiger partial charge < -0.3 is 15.4 Å². The van der Waals surface area contributed by atoms with Gasteiger partial charge in [0.05, 0.1) is 6.61 Å². The number of para-hydroxylation sites is 1. The fourth-order valence-corrected chi connectivity index (χ4v) is 1.57. The van der Waals surface area contributed by atoms with Crippen molar-refractivity contribution < 1.29 is 4.74 Å². The third-order valence-electron chi connectivity index (χ3n) is 2.47. The van der Waals surface area contributed by atoms with Crippen molar-refractivity contribution in [2.45, 2.75) is 13.0 Å². The summed E-state index contributed by atoms with van der Waals surface area (Å²) in [5.74, 6) is 0. The third-order valence-corrected chi connectivity index (χ3v) is 2.47. The minimum absolute atomic E-state index is 0.0613. The summed E-state index contributed by atoms with van der Waals surface area (Å²) in [5.41, 5.74) is 8.28. The molecule has 0 fully saturated rings. The molecule has 0 aliphatic carbocycles. The van der Waals surface area contributed by atoms with Gasteiger partial charge in [0.1, 0.15) is 0 Å². The van der Waals surface area contributed by atoms with Gasteiger partial charge in [-0.25, -0.2) is 0 Å². The van der Waals surface area contributed by atoms with E-state index >= 15 is 0 Å². The molecule has 0 radical (unpaired) electrons. The molecule has 1 aromatic carbocycles. The van der Waals surface area contributed by atoms with Crippen LogP contribution in [0.1, 0.15) is 18.5 Å². The van der Waals surface area contributed by atoms with Crippen molar-refractivity contribution in [3.8, 4) is 0 Å². The molecule has 0 saturated heterocycles. The first-order valence-corrected chi connectivity index (χ1v) is 5.21. The number of benzene rings is 1. The summed E-state index contributed by atoms with van der Waals surface area (Å²) in [5, 5.41) is 0. The molecule has 1 atom stereocenters. The minimum atomic E-state index is 0.0613. The summed E-state index contributed by atoms with van der Waals surface area (Å²) >= 11 is 0. The molecule has 3 nitrogen and oxygen atoms in total. The predicted octanol–water partition coefficient (Wildman–Crippen LogP) is 1.79. The molecule has 0 saturated carbocycles. The Morgan fingerprint density at radius 1 is 1.40 bits per heavy atom. The predicted molar refractivity (Wildman–Crippen MR) is 64.2 cm³/mol. The van der Waals surface area contributed by atoms with Crippen LogP contribution in [-0.4, -0.2) is 27.3 Å². The second-order valence-electron chi connectivity index (χ2n) is 3.76. The Morgan fingerprint density at radius 2 is 2.07 bits per heavy atom. The van der Waals surface area contributed by atoms with Gasteiger partial charge in [-0.05, 0) is 18.6 Å². The molecule has 1 aromatic rings. The lowest BCUT2D eigenvalue weighted by molar-refractivity contribution is 0.206. The number of methoxy groups -OCH3 is 1. The molecule has 1 rings (SSSR count). The van der Waals surface area contributed by atoms with Crippen LogP contribution < -0.4 is 10.6 Å². The van der Waals surface area contributed by atoms with E-state index < -0.39 is 0 Å². The minimum Gasteiger partial charge on any atom is -0.383 e. The van der Waals surface area contributed by atoms with E-state index in [1.165, 1.54) is 11.3 Å². The lowest BCUT2D eigenvalue weighted by atomic mass is 10.1. The zero-order chi connectivity index (χ0) is 11.3. The lowest BCUT2D eigenvalue weighted by Crippen LogP contribution is -2.24. The van der Waals surface area contributed by atoms with Crippen LogP contribution in [0.4, 0.5) is 5.69 Å². The third kappa shape index (κ3) is 3.22. The number of rotatable bonds is 5. The fraction of sp³-hybridized carbons (Fsp3) is 0.500. The molecule has 0 aromatic heterocycles. The van der Waals surface area contributed by atoms with E-state index in [1.807, 2.05) is 19.1 Å². The molecule has 3 heteroatoms. The zero-order valence-corrected chi connectivity index (χ0v) is 9.73. The van der Waals surface area contributed by atoms with Gasteiger partial charge in [0.15, 0.2) is 0 Å². The van der Waals surface area contributed by atoms with Crippen LogP contribution in [0, 0.1) is 0 Å². The van der Waals surface area contributed by atoms with Crippen LogP contribution in [0.15, 0.2) is 24.3 Å². The topological polar surface area (TPSA) is 38.5 Å². The Bertz CT molecular complexity index is 299. The lowest BCUT2D eigenvalue weighted by Gasteiger charge is -2.23. The molecule has 0 bridgehead atoms. The second-order valence-corrected chi connectivity index (χ2v) is 3.76. The maximum absolute atomic E-state index is 5.92. The van der Waals surface area contributed by atoms with Crippen LogP contribution in [-0.2, 0) is 4.74 Å². The summed E-state index contributed by atoms with van der Waals surface area (Å²) in [6.07, 6.45) is 0. The normalized spacial score (nSPS) is 12.5. The van der Waals surface area contributed by atoms with Gasteiger partial charge in [0.2, 0.25) is 0 Å². The molecule has 0 heterocycles. The molecule has 0 aliphatic heterocycles. The van der Waals surface area contributed by atoms with E-state index in [4.69, 9.17) is 10.5 Å². The van der Waals surface area contributed by atoms with Crippen LogP contribution in [0.3, 0.4) is 0 Å². The van der Waals surface area contributed by atoms with Gasteiger partial charge in [0.25, 0.3) is 0 Å². The van der Waals surface area contributed by atoms with Gasteiger partial charge in [-0.1, -0.05) is 18.2 Å². The van der Waals surface area contributed by atoms with E-state index in [2.05, 4.69) is 24.1 Å². The number of nitrogens with zero attached hydrogens (tertiary/aromatic N) is 1. The number of likely N-dealkylation sites (N-methyl/N-ethyl adjacent to an activating group) is 1. The summed E-state index contributed by atoms with van der Waals surface area (Å²) < 4.78 is 5.06. The number of ether oxygens (including phenoxy) is 1. The van der Waals surface area contributed by atoms with Crippen molar-refractivity contribution in [2.24, 2.45) is 5.73 Å². The van der Waals surface area contributed by atoms with Gasteiger partial charge in [-0.2, -0.15) is 0 Å². The number of hydrogen-bond acceptors (Lipinski definition) is 3. The highest BCUT2D eigenvalue weighted by Gasteiger charge is 2.09. The Balaban J connectivity index is 2.82. The first-order valence-electron chi connectivity index (χ1n) is 5.21. The average Bonchev–Trinajstić information content (AvgIpc) is 2.25. The van der Waals surface area contributed by atoms with E-state index in [0.717, 1.165) is 13.2 Å². The highest BCUT2D eigenvalue weighted by Crippen LogP contribution is 2.23. The Hall–Kier alpha value is -1.06. The Labute approximate surface area is 91.8 Å². The first-order chi connectivity index (χ1) is 7.16. The average molecular weight is 208 g/mol. The van der Waals surface area contributed by atoms with Gasteiger partial charge in [-0.3, -0.25) is 0 Å². The van der Waals surface area contributed by atoms with Crippen molar-refractivity contribution in [1.82, 2.24) is 0 Å². The van der Waals surface area contributed by atoms with Crippen molar-refractivity contribution in [1.29, 1.82) is 0 Å². The highest BCUT2D eigenvalue weighted by molar-refractivity contribution is 5.54. The highest BCUT2D eigenvalue weighted by atomic mass is 16.5. The largest absolute Gasteiger partial charge is 0.383 e. The van der Waals surface area contributed by atoms with Gasteiger partial charge >= 0.3 is 0 Å². The molecular weight excluding hydrogens is 188 g/mol. The summed E-state index contributed by atoms with van der Waals surface area (Å²) in [6.45, 7) is 3.60.